The molecule has 1 saturated heterocycles. The summed E-state index contributed by atoms with van der Waals surface area (Å²) < 4.78 is 31.9. The smallest absolute Gasteiger partial charge is 0.246 e. The Morgan fingerprint density at radius 2 is 1.57 bits per heavy atom. The van der Waals surface area contributed by atoms with Crippen LogP contribution in [-0.4, -0.2) is 51.0 Å². The lowest BCUT2D eigenvalue weighted by Crippen LogP contribution is -2.40. The average molecular weight is 404 g/mol. The first-order valence-electron chi connectivity index (χ1n) is 9.18. The minimum absolute atomic E-state index is 0.204. The Kier molecular flexibility index (Phi) is 6.33. The highest BCUT2D eigenvalue weighted by atomic mass is 32.2. The minimum Gasteiger partial charge on any atom is -0.379 e. The lowest BCUT2D eigenvalue weighted by molar-refractivity contribution is -0.116. The van der Waals surface area contributed by atoms with Crippen LogP contribution in [-0.2, 0) is 19.6 Å². The van der Waals surface area contributed by atoms with Gasteiger partial charge in [0.25, 0.3) is 0 Å². The molecule has 8 heteroatoms. The molecule has 1 amide bonds. The van der Waals surface area contributed by atoms with E-state index in [1.165, 1.54) is 16.4 Å². The number of nitrogens with one attached hydrogen (secondary N) is 2. The largest absolute Gasteiger partial charge is 0.379 e. The van der Waals surface area contributed by atoms with Crippen LogP contribution in [0.4, 0.5) is 11.4 Å². The van der Waals surface area contributed by atoms with Gasteiger partial charge in [0.2, 0.25) is 15.9 Å². The molecule has 150 valence electrons. The van der Waals surface area contributed by atoms with Gasteiger partial charge in [0.15, 0.2) is 0 Å². The summed E-state index contributed by atoms with van der Waals surface area (Å²) in [6.07, 6.45) is 0. The summed E-state index contributed by atoms with van der Waals surface area (Å²) in [5, 5.41) is 5.94. The zero-order valence-corrected chi connectivity index (χ0v) is 16.8. The van der Waals surface area contributed by atoms with Gasteiger partial charge in [-0.05, 0) is 50.2 Å². The number of carbonyl (C=O) groups excluding carboxylic acids is 1. The summed E-state index contributed by atoms with van der Waals surface area (Å²) in [5.41, 5.74) is 2.55. The van der Waals surface area contributed by atoms with Crippen LogP contribution in [0, 0.1) is 6.92 Å². The van der Waals surface area contributed by atoms with E-state index in [1.54, 1.807) is 19.1 Å². The summed E-state index contributed by atoms with van der Waals surface area (Å²) in [7, 11) is -3.54. The molecule has 1 atom stereocenters. The molecule has 1 aliphatic heterocycles. The summed E-state index contributed by atoms with van der Waals surface area (Å²) in [4.78, 5) is 12.6. The fourth-order valence-corrected chi connectivity index (χ4v) is 4.27. The number of morpholine rings is 1. The van der Waals surface area contributed by atoms with Crippen molar-refractivity contribution in [3.8, 4) is 0 Å². The Hall–Kier alpha value is -2.42. The molecule has 0 radical (unpaired) electrons. The summed E-state index contributed by atoms with van der Waals surface area (Å²) in [6, 6.07) is 13.6. The molecule has 0 bridgehead atoms. The maximum absolute atomic E-state index is 12.6. The van der Waals surface area contributed by atoms with Crippen molar-refractivity contribution < 1.29 is 17.9 Å². The minimum atomic E-state index is -3.54. The topological polar surface area (TPSA) is 87.7 Å². The van der Waals surface area contributed by atoms with Crippen LogP contribution >= 0.6 is 0 Å². The summed E-state index contributed by atoms with van der Waals surface area (Å²) >= 11 is 0. The van der Waals surface area contributed by atoms with Crippen molar-refractivity contribution >= 4 is 27.3 Å². The van der Waals surface area contributed by atoms with E-state index in [9.17, 15) is 13.2 Å². The molecule has 28 heavy (non-hydrogen) atoms. The molecule has 0 aromatic heterocycles. The molecule has 1 fully saturated rings. The third kappa shape index (κ3) is 4.89. The van der Waals surface area contributed by atoms with Gasteiger partial charge in [0.1, 0.15) is 6.04 Å². The molecule has 1 aliphatic rings. The fraction of sp³-hybridized carbons (Fsp3) is 0.350. The third-order valence-electron chi connectivity index (χ3n) is 4.56. The molecule has 2 aromatic rings. The Morgan fingerprint density at radius 3 is 2.18 bits per heavy atom. The first kappa shape index (κ1) is 20.3. The van der Waals surface area contributed by atoms with E-state index in [0.29, 0.717) is 32.0 Å². The van der Waals surface area contributed by atoms with Crippen molar-refractivity contribution in [2.75, 3.05) is 36.9 Å². The van der Waals surface area contributed by atoms with Crippen LogP contribution in [0.25, 0.3) is 0 Å². The third-order valence-corrected chi connectivity index (χ3v) is 6.47. The van der Waals surface area contributed by atoms with Crippen LogP contribution < -0.4 is 10.6 Å². The lowest BCUT2D eigenvalue weighted by Gasteiger charge is -2.26. The number of ether oxygens (including phenoxy) is 1. The van der Waals surface area contributed by atoms with Gasteiger partial charge in [0, 0.05) is 24.5 Å². The van der Waals surface area contributed by atoms with Gasteiger partial charge in [0.05, 0.1) is 18.1 Å². The van der Waals surface area contributed by atoms with E-state index in [-0.39, 0.29) is 10.8 Å². The van der Waals surface area contributed by atoms with Gasteiger partial charge in [-0.3, -0.25) is 4.79 Å². The number of rotatable bonds is 6. The Morgan fingerprint density at radius 1 is 1.00 bits per heavy atom. The van der Waals surface area contributed by atoms with Crippen molar-refractivity contribution in [1.29, 1.82) is 0 Å². The normalized spacial score (nSPS) is 16.4. The van der Waals surface area contributed by atoms with Crippen molar-refractivity contribution in [3.05, 3.63) is 54.1 Å². The molecule has 3 rings (SSSR count). The van der Waals surface area contributed by atoms with Crippen LogP contribution in [0.5, 0.6) is 0 Å². The number of anilines is 2. The molecule has 2 aromatic carbocycles. The predicted octanol–water partition coefficient (Wildman–Crippen LogP) is 2.46. The van der Waals surface area contributed by atoms with E-state index in [1.807, 2.05) is 31.2 Å². The summed E-state index contributed by atoms with van der Waals surface area (Å²) in [6.45, 7) is 5.28. The number of hydrogen-bond donors (Lipinski definition) is 2. The predicted molar refractivity (Wildman–Crippen MR) is 109 cm³/mol. The van der Waals surface area contributed by atoms with Gasteiger partial charge < -0.3 is 15.4 Å². The fourth-order valence-electron chi connectivity index (χ4n) is 2.86. The standard InChI is InChI=1S/C20H25N3O4S/c1-15-3-5-17(6-4-15)21-16(2)20(24)22-18-7-9-19(10-8-18)28(25,26)23-11-13-27-14-12-23/h3-10,16,21H,11-14H2,1-2H3,(H,22,24)/t16-/m0/s1. The van der Waals surface area contributed by atoms with Crippen molar-refractivity contribution in [2.45, 2.75) is 24.8 Å². The van der Waals surface area contributed by atoms with E-state index >= 15 is 0 Å². The van der Waals surface area contributed by atoms with Crippen molar-refractivity contribution in [1.82, 2.24) is 4.31 Å². The molecule has 0 aliphatic carbocycles. The molecule has 0 saturated carbocycles. The van der Waals surface area contributed by atoms with Crippen LogP contribution in [0.3, 0.4) is 0 Å². The maximum atomic E-state index is 12.6. The number of amides is 1. The van der Waals surface area contributed by atoms with Gasteiger partial charge in [-0.15, -0.1) is 0 Å². The lowest BCUT2D eigenvalue weighted by atomic mass is 10.2. The molecule has 0 unspecified atom stereocenters. The van der Waals surface area contributed by atoms with E-state index in [4.69, 9.17) is 4.74 Å². The first-order chi connectivity index (χ1) is 13.4. The number of benzene rings is 2. The van der Waals surface area contributed by atoms with Crippen molar-refractivity contribution in [3.63, 3.8) is 0 Å². The zero-order valence-electron chi connectivity index (χ0n) is 16.0. The van der Waals surface area contributed by atoms with Gasteiger partial charge in [-0.2, -0.15) is 4.31 Å². The highest BCUT2D eigenvalue weighted by Gasteiger charge is 2.26. The molecule has 7 nitrogen and oxygen atoms in total. The van der Waals surface area contributed by atoms with E-state index in [0.717, 1.165) is 11.3 Å². The zero-order chi connectivity index (χ0) is 20.1. The monoisotopic (exact) mass is 403 g/mol. The number of carbonyl (C=O) groups is 1. The molecular weight excluding hydrogens is 378 g/mol. The SMILES string of the molecule is Cc1ccc(N[C@@H](C)C(=O)Nc2ccc(S(=O)(=O)N3CCOCC3)cc2)cc1. The number of hydrogen-bond acceptors (Lipinski definition) is 5. The number of aryl methyl sites for hydroxylation is 1. The highest BCUT2D eigenvalue weighted by molar-refractivity contribution is 7.89. The second kappa shape index (κ2) is 8.72. The highest BCUT2D eigenvalue weighted by Crippen LogP contribution is 2.20. The van der Waals surface area contributed by atoms with E-state index in [2.05, 4.69) is 10.6 Å². The van der Waals surface area contributed by atoms with E-state index < -0.39 is 16.1 Å². The van der Waals surface area contributed by atoms with Crippen LogP contribution in [0.15, 0.2) is 53.4 Å². The first-order valence-corrected chi connectivity index (χ1v) is 10.6. The van der Waals surface area contributed by atoms with Gasteiger partial charge in [-0.1, -0.05) is 17.7 Å². The summed E-state index contributed by atoms with van der Waals surface area (Å²) in [5.74, 6) is -0.204. The molecule has 2 N–H and O–H groups in total. The second-order valence-electron chi connectivity index (χ2n) is 6.76. The molecule has 1 heterocycles. The Bertz CT molecular complexity index is 905. The maximum Gasteiger partial charge on any atom is 0.246 e. The quantitative estimate of drug-likeness (QED) is 0.774. The second-order valence-corrected chi connectivity index (χ2v) is 8.70. The Balaban J connectivity index is 1.61. The molecular formula is C20H25N3O4S. The molecule has 0 spiro atoms. The number of nitrogens with zero attached hydrogens (tertiary/aromatic N) is 1. The average Bonchev–Trinajstić information content (AvgIpc) is 2.70. The van der Waals surface area contributed by atoms with Crippen LogP contribution in [0.2, 0.25) is 0 Å². The Labute approximate surface area is 165 Å². The number of sulfonamides is 1. The van der Waals surface area contributed by atoms with Crippen molar-refractivity contribution in [2.24, 2.45) is 0 Å². The van der Waals surface area contributed by atoms with Gasteiger partial charge in [-0.25, -0.2) is 8.42 Å². The van der Waals surface area contributed by atoms with Gasteiger partial charge >= 0.3 is 0 Å². The van der Waals surface area contributed by atoms with Crippen LogP contribution in [0.1, 0.15) is 12.5 Å².